The summed E-state index contributed by atoms with van der Waals surface area (Å²) in [6, 6.07) is 0. The van der Waals surface area contributed by atoms with Gasteiger partial charge in [-0.15, -0.1) is 0 Å². The van der Waals surface area contributed by atoms with Crippen LogP contribution in [0.5, 0.6) is 0 Å². The zero-order chi connectivity index (χ0) is 31.7. The second-order valence-electron chi connectivity index (χ2n) is 13.6. The van der Waals surface area contributed by atoms with E-state index < -0.39 is 17.6 Å². The van der Waals surface area contributed by atoms with Crippen molar-refractivity contribution in [1.29, 1.82) is 0 Å². The van der Waals surface area contributed by atoms with Crippen molar-refractivity contribution < 1.29 is 32.2 Å². The van der Waals surface area contributed by atoms with Gasteiger partial charge < -0.3 is 19.3 Å². The maximum atomic E-state index is 13.4. The fourth-order valence-corrected chi connectivity index (χ4v) is 7.78. The van der Waals surface area contributed by atoms with Crippen LogP contribution in [0.2, 0.25) is 0 Å². The van der Waals surface area contributed by atoms with Crippen molar-refractivity contribution in [2.24, 2.45) is 11.8 Å². The second kappa shape index (κ2) is 13.1. The number of alkyl halides is 3. The first kappa shape index (κ1) is 32.9. The minimum absolute atomic E-state index is 0.0514. The standard InChI is InChI=1S/C32H48F3N5O4/c1-5-6-7-25-21-39(20-24-8-18-43-19-9-24)29(42)44-31(25)12-16-40(17-13-31)30(4)10-14-38(15-11-30)27(41)26-22(2)36-28(32(33,34)35)37-23(26)3/h24-25H,5-21H2,1-4H3. The molecule has 1 spiro atoms. The van der Waals surface area contributed by atoms with Gasteiger partial charge in [-0.3, -0.25) is 9.69 Å². The van der Waals surface area contributed by atoms with Gasteiger partial charge in [-0.1, -0.05) is 19.8 Å². The van der Waals surface area contributed by atoms with Crippen molar-refractivity contribution in [1.82, 2.24) is 24.7 Å². The van der Waals surface area contributed by atoms with Crippen molar-refractivity contribution in [3.63, 3.8) is 0 Å². The lowest BCUT2D eigenvalue weighted by Crippen LogP contribution is -2.64. The molecule has 1 aromatic rings. The summed E-state index contributed by atoms with van der Waals surface area (Å²) in [6.07, 6.45) is 3.53. The second-order valence-corrected chi connectivity index (χ2v) is 13.6. The molecule has 0 N–H and O–H groups in total. The zero-order valence-electron chi connectivity index (χ0n) is 26.7. The van der Waals surface area contributed by atoms with E-state index in [2.05, 4.69) is 28.7 Å². The molecule has 0 saturated carbocycles. The minimum atomic E-state index is -4.66. The highest BCUT2D eigenvalue weighted by Crippen LogP contribution is 2.43. The highest BCUT2D eigenvalue weighted by molar-refractivity contribution is 5.96. The molecule has 5 heterocycles. The lowest BCUT2D eigenvalue weighted by Gasteiger charge is -2.55. The summed E-state index contributed by atoms with van der Waals surface area (Å²) in [5.41, 5.74) is -0.290. The smallest absolute Gasteiger partial charge is 0.442 e. The number of rotatable bonds is 7. The summed E-state index contributed by atoms with van der Waals surface area (Å²) >= 11 is 0. The summed E-state index contributed by atoms with van der Waals surface area (Å²) in [5, 5.41) is 0. The third-order valence-electron chi connectivity index (χ3n) is 10.7. The Balaban J connectivity index is 1.20. The monoisotopic (exact) mass is 623 g/mol. The molecule has 0 radical (unpaired) electrons. The summed E-state index contributed by atoms with van der Waals surface area (Å²) in [5.74, 6) is -0.750. The van der Waals surface area contributed by atoms with Crippen molar-refractivity contribution >= 4 is 12.0 Å². The predicted molar refractivity (Wildman–Crippen MR) is 158 cm³/mol. The van der Waals surface area contributed by atoms with E-state index in [0.29, 0.717) is 24.9 Å². The Morgan fingerprint density at radius 3 is 2.18 bits per heavy atom. The fourth-order valence-electron chi connectivity index (χ4n) is 7.78. The minimum Gasteiger partial charge on any atom is -0.442 e. The van der Waals surface area contributed by atoms with Gasteiger partial charge >= 0.3 is 12.3 Å². The molecule has 4 saturated heterocycles. The van der Waals surface area contributed by atoms with Gasteiger partial charge in [0.05, 0.1) is 17.0 Å². The molecule has 246 valence electrons. The first-order chi connectivity index (χ1) is 20.8. The van der Waals surface area contributed by atoms with Crippen LogP contribution in [0.25, 0.3) is 0 Å². The number of hydrogen-bond acceptors (Lipinski definition) is 7. The summed E-state index contributed by atoms with van der Waals surface area (Å²) in [7, 11) is 0. The van der Waals surface area contributed by atoms with Crippen LogP contribution in [0.4, 0.5) is 18.0 Å². The molecule has 1 aromatic heterocycles. The molecule has 0 bridgehead atoms. The molecule has 5 rings (SSSR count). The molecular formula is C32H48F3N5O4. The summed E-state index contributed by atoms with van der Waals surface area (Å²) in [4.78, 5) is 40.0. The Bertz CT molecular complexity index is 1170. The summed E-state index contributed by atoms with van der Waals surface area (Å²) < 4.78 is 51.4. The average molecular weight is 624 g/mol. The first-order valence-corrected chi connectivity index (χ1v) is 16.4. The number of halogens is 3. The van der Waals surface area contributed by atoms with Crippen LogP contribution in [0.3, 0.4) is 0 Å². The number of piperidine rings is 2. The molecule has 0 aromatic carbocycles. The Morgan fingerprint density at radius 1 is 1.00 bits per heavy atom. The molecule has 9 nitrogen and oxygen atoms in total. The molecule has 12 heteroatoms. The highest BCUT2D eigenvalue weighted by Gasteiger charge is 2.52. The van der Waals surface area contributed by atoms with Gasteiger partial charge in [0.2, 0.25) is 5.82 Å². The van der Waals surface area contributed by atoms with Crippen LogP contribution in [0, 0.1) is 25.7 Å². The van der Waals surface area contributed by atoms with E-state index in [1.807, 2.05) is 4.90 Å². The number of amides is 2. The number of aromatic nitrogens is 2. The van der Waals surface area contributed by atoms with Crippen LogP contribution in [0.15, 0.2) is 0 Å². The highest BCUT2D eigenvalue weighted by atomic mass is 19.4. The van der Waals surface area contributed by atoms with E-state index >= 15 is 0 Å². The predicted octanol–water partition coefficient (Wildman–Crippen LogP) is 5.63. The SMILES string of the molecule is CCCCC1CN(CC2CCOCC2)C(=O)OC12CCN(C1(C)CCN(C(=O)c3c(C)nc(C(F)(F)F)nc3C)CC1)CC2. The lowest BCUT2D eigenvalue weighted by molar-refractivity contribution is -0.145. The number of hydrogen-bond donors (Lipinski definition) is 0. The number of carbonyl (C=O) groups is 2. The first-order valence-electron chi connectivity index (χ1n) is 16.4. The number of nitrogens with zero attached hydrogens (tertiary/aromatic N) is 5. The van der Waals surface area contributed by atoms with Crippen LogP contribution < -0.4 is 0 Å². The Labute approximate surface area is 258 Å². The van der Waals surface area contributed by atoms with E-state index in [1.165, 1.54) is 13.8 Å². The molecule has 4 aliphatic rings. The van der Waals surface area contributed by atoms with Gasteiger partial charge in [0, 0.05) is 76.8 Å². The topological polar surface area (TPSA) is 88.1 Å². The number of ether oxygens (including phenoxy) is 2. The van der Waals surface area contributed by atoms with Crippen molar-refractivity contribution in [3.05, 3.63) is 22.8 Å². The van der Waals surface area contributed by atoms with Gasteiger partial charge in [-0.05, 0) is 58.8 Å². The molecule has 2 amide bonds. The number of carbonyl (C=O) groups excluding carboxylic acids is 2. The van der Waals surface area contributed by atoms with E-state index in [-0.39, 0.29) is 34.5 Å². The maximum absolute atomic E-state index is 13.4. The third-order valence-corrected chi connectivity index (χ3v) is 10.7. The van der Waals surface area contributed by atoms with Gasteiger partial charge in [-0.2, -0.15) is 13.2 Å². The van der Waals surface area contributed by atoms with Crippen LogP contribution in [0.1, 0.15) is 99.2 Å². The van der Waals surface area contributed by atoms with Crippen molar-refractivity contribution in [2.75, 3.05) is 52.5 Å². The van der Waals surface area contributed by atoms with Crippen LogP contribution in [-0.4, -0.2) is 100 Å². The van der Waals surface area contributed by atoms with E-state index in [0.717, 1.165) is 97.2 Å². The molecule has 4 fully saturated rings. The molecule has 4 aliphatic heterocycles. The Morgan fingerprint density at radius 2 is 1.61 bits per heavy atom. The molecule has 1 atom stereocenters. The zero-order valence-corrected chi connectivity index (χ0v) is 26.7. The largest absolute Gasteiger partial charge is 0.451 e. The fraction of sp³-hybridized carbons (Fsp3) is 0.812. The van der Waals surface area contributed by atoms with Gasteiger partial charge in [0.25, 0.3) is 5.91 Å². The Hall–Kier alpha value is -2.47. The van der Waals surface area contributed by atoms with Crippen LogP contribution >= 0.6 is 0 Å². The quantitative estimate of drug-likeness (QED) is 0.389. The van der Waals surface area contributed by atoms with Gasteiger partial charge in [0.15, 0.2) is 0 Å². The molecule has 1 unspecified atom stereocenters. The molecule has 0 aliphatic carbocycles. The lowest BCUT2D eigenvalue weighted by atomic mass is 9.74. The van der Waals surface area contributed by atoms with Crippen molar-refractivity contribution in [3.8, 4) is 0 Å². The molecular weight excluding hydrogens is 575 g/mol. The number of aryl methyl sites for hydroxylation is 2. The van der Waals surface area contributed by atoms with E-state index in [4.69, 9.17) is 9.47 Å². The van der Waals surface area contributed by atoms with Crippen LogP contribution in [-0.2, 0) is 15.7 Å². The molecule has 44 heavy (non-hydrogen) atoms. The van der Waals surface area contributed by atoms with Gasteiger partial charge in [0.1, 0.15) is 5.60 Å². The number of likely N-dealkylation sites (tertiary alicyclic amines) is 2. The van der Waals surface area contributed by atoms with Crippen molar-refractivity contribution in [2.45, 2.75) is 103 Å². The average Bonchev–Trinajstić information content (AvgIpc) is 2.98. The third kappa shape index (κ3) is 6.85. The van der Waals surface area contributed by atoms with E-state index in [1.54, 1.807) is 4.90 Å². The Kier molecular flexibility index (Phi) is 9.80. The number of unbranched alkanes of at least 4 members (excludes halogenated alkanes) is 1. The normalized spacial score (nSPS) is 24.9. The van der Waals surface area contributed by atoms with E-state index in [9.17, 15) is 22.8 Å². The maximum Gasteiger partial charge on any atom is 0.451 e. The summed E-state index contributed by atoms with van der Waals surface area (Å²) in [6.45, 7) is 13.0. The van der Waals surface area contributed by atoms with Gasteiger partial charge in [-0.25, -0.2) is 14.8 Å².